The summed E-state index contributed by atoms with van der Waals surface area (Å²) in [4.78, 5) is 22.3. The van der Waals surface area contributed by atoms with Crippen LogP contribution in [0.3, 0.4) is 0 Å². The largest absolute Gasteiger partial charge is 0.469 e. The van der Waals surface area contributed by atoms with Crippen molar-refractivity contribution in [2.75, 3.05) is 7.11 Å². The minimum atomic E-state index is -0.308. The Bertz CT molecular complexity index is 431. The maximum absolute atomic E-state index is 11.5. The van der Waals surface area contributed by atoms with E-state index in [0.717, 1.165) is 6.42 Å². The van der Waals surface area contributed by atoms with Gasteiger partial charge in [0.2, 0.25) is 0 Å². The lowest BCUT2D eigenvalue weighted by Gasteiger charge is -2.02. The zero-order valence-electron chi connectivity index (χ0n) is 11.4. The van der Waals surface area contributed by atoms with Crippen molar-refractivity contribution >= 4 is 11.9 Å². The Morgan fingerprint density at radius 3 is 2.68 bits per heavy atom. The summed E-state index contributed by atoms with van der Waals surface area (Å²) in [5.41, 5.74) is 1.18. The molecule has 0 spiro atoms. The number of aromatic nitrogens is 1. The van der Waals surface area contributed by atoms with Gasteiger partial charge in [0.15, 0.2) is 12.4 Å². The SMILES string of the molecule is CCc1ccc[n+](COC(=O)CCCC(=O)OC)c1. The molecule has 1 heterocycles. The number of pyridine rings is 1. The van der Waals surface area contributed by atoms with Gasteiger partial charge in [-0.15, -0.1) is 0 Å². The molecule has 1 aromatic rings. The van der Waals surface area contributed by atoms with Gasteiger partial charge in [0.25, 0.3) is 6.73 Å². The quantitative estimate of drug-likeness (QED) is 0.552. The number of ether oxygens (including phenoxy) is 2. The number of carbonyl (C=O) groups is 2. The molecule has 0 aromatic carbocycles. The topological polar surface area (TPSA) is 56.5 Å². The molecule has 0 bridgehead atoms. The predicted octanol–water partition coefficient (Wildman–Crippen LogP) is 1.38. The third kappa shape index (κ3) is 5.99. The van der Waals surface area contributed by atoms with Crippen LogP contribution in [0.15, 0.2) is 24.5 Å². The van der Waals surface area contributed by atoms with Crippen LogP contribution in [0.4, 0.5) is 0 Å². The fourth-order valence-corrected chi connectivity index (χ4v) is 1.56. The number of carbonyl (C=O) groups excluding carboxylic acids is 2. The van der Waals surface area contributed by atoms with E-state index >= 15 is 0 Å². The first-order chi connectivity index (χ1) is 9.15. The summed E-state index contributed by atoms with van der Waals surface area (Å²) in [7, 11) is 1.33. The maximum atomic E-state index is 11.5. The number of rotatable bonds is 7. The Hall–Kier alpha value is -1.91. The van der Waals surface area contributed by atoms with Crippen molar-refractivity contribution in [1.82, 2.24) is 0 Å². The fourth-order valence-electron chi connectivity index (χ4n) is 1.56. The highest BCUT2D eigenvalue weighted by Gasteiger charge is 2.09. The summed E-state index contributed by atoms with van der Waals surface area (Å²) < 4.78 is 11.4. The van der Waals surface area contributed by atoms with E-state index in [2.05, 4.69) is 11.7 Å². The highest BCUT2D eigenvalue weighted by molar-refractivity contribution is 5.72. The van der Waals surface area contributed by atoms with E-state index < -0.39 is 0 Å². The second-order valence-electron chi connectivity index (χ2n) is 4.16. The molecule has 1 rings (SSSR count). The lowest BCUT2D eigenvalue weighted by atomic mass is 10.2. The van der Waals surface area contributed by atoms with Gasteiger partial charge in [0.1, 0.15) is 0 Å². The molecule has 1 aromatic heterocycles. The summed E-state index contributed by atoms with van der Waals surface area (Å²) in [6.07, 6.45) is 5.65. The Morgan fingerprint density at radius 1 is 1.26 bits per heavy atom. The van der Waals surface area contributed by atoms with Crippen molar-refractivity contribution < 1.29 is 23.6 Å². The molecule has 0 unspecified atom stereocenters. The first-order valence-corrected chi connectivity index (χ1v) is 6.36. The van der Waals surface area contributed by atoms with Crippen molar-refractivity contribution in [3.8, 4) is 0 Å². The molecule has 0 amide bonds. The smallest absolute Gasteiger partial charge is 0.310 e. The van der Waals surface area contributed by atoms with Crippen LogP contribution in [0.25, 0.3) is 0 Å². The van der Waals surface area contributed by atoms with Crippen LogP contribution >= 0.6 is 0 Å². The van der Waals surface area contributed by atoms with Crippen LogP contribution in [-0.2, 0) is 32.2 Å². The maximum Gasteiger partial charge on any atom is 0.310 e. The molecule has 0 radical (unpaired) electrons. The van der Waals surface area contributed by atoms with E-state index in [1.807, 2.05) is 29.1 Å². The Kier molecular flexibility index (Phi) is 6.57. The Morgan fingerprint density at radius 2 is 2.00 bits per heavy atom. The monoisotopic (exact) mass is 266 g/mol. The minimum Gasteiger partial charge on any atom is -0.469 e. The Labute approximate surface area is 113 Å². The number of hydrogen-bond donors (Lipinski definition) is 0. The van der Waals surface area contributed by atoms with E-state index in [-0.39, 0.29) is 31.5 Å². The average Bonchev–Trinajstić information content (AvgIpc) is 2.45. The molecule has 104 valence electrons. The standard InChI is InChI=1S/C14H20NO4/c1-3-12-6-5-9-15(10-12)11-19-14(17)8-4-7-13(16)18-2/h5-6,9-10H,3-4,7-8,11H2,1-2H3/q+1. The molecule has 0 fully saturated rings. The van der Waals surface area contributed by atoms with Gasteiger partial charge in [-0.25, -0.2) is 0 Å². The summed E-state index contributed by atoms with van der Waals surface area (Å²) in [5, 5.41) is 0. The molecule has 5 nitrogen and oxygen atoms in total. The average molecular weight is 266 g/mol. The van der Waals surface area contributed by atoms with Crippen LogP contribution in [-0.4, -0.2) is 19.0 Å². The summed E-state index contributed by atoms with van der Waals surface area (Å²) in [6, 6.07) is 3.94. The van der Waals surface area contributed by atoms with Crippen molar-refractivity contribution in [2.45, 2.75) is 39.3 Å². The van der Waals surface area contributed by atoms with Gasteiger partial charge in [0, 0.05) is 24.5 Å². The molecular formula is C14H20NO4+. The summed E-state index contributed by atoms with van der Waals surface area (Å²) in [6.45, 7) is 2.27. The number of methoxy groups -OCH3 is 1. The zero-order valence-corrected chi connectivity index (χ0v) is 11.4. The van der Waals surface area contributed by atoms with Gasteiger partial charge in [-0.3, -0.25) is 9.59 Å². The van der Waals surface area contributed by atoms with Gasteiger partial charge in [-0.05, 0) is 18.9 Å². The molecule has 19 heavy (non-hydrogen) atoms. The third-order valence-corrected chi connectivity index (χ3v) is 2.69. The van der Waals surface area contributed by atoms with Crippen LogP contribution in [0.2, 0.25) is 0 Å². The molecule has 0 saturated carbocycles. The molecule has 0 aliphatic heterocycles. The number of nitrogens with zero attached hydrogens (tertiary/aromatic N) is 1. The second kappa shape index (κ2) is 8.24. The van der Waals surface area contributed by atoms with Gasteiger partial charge in [0.05, 0.1) is 7.11 Å². The second-order valence-corrected chi connectivity index (χ2v) is 4.16. The lowest BCUT2D eigenvalue weighted by Crippen LogP contribution is -2.35. The molecule has 0 aliphatic carbocycles. The molecule has 5 heteroatoms. The number of esters is 2. The predicted molar refractivity (Wildman–Crippen MR) is 68.0 cm³/mol. The van der Waals surface area contributed by atoms with Gasteiger partial charge in [-0.2, -0.15) is 4.57 Å². The van der Waals surface area contributed by atoms with Gasteiger partial charge < -0.3 is 9.47 Å². The Balaban J connectivity index is 2.27. The van der Waals surface area contributed by atoms with Crippen LogP contribution in [0.5, 0.6) is 0 Å². The summed E-state index contributed by atoms with van der Waals surface area (Å²) in [5.74, 6) is -0.615. The van der Waals surface area contributed by atoms with Crippen molar-refractivity contribution in [1.29, 1.82) is 0 Å². The number of hydrogen-bond acceptors (Lipinski definition) is 4. The number of aryl methyl sites for hydroxylation is 1. The molecule has 0 saturated heterocycles. The first kappa shape index (κ1) is 15.1. The van der Waals surface area contributed by atoms with E-state index in [1.54, 1.807) is 0 Å². The van der Waals surface area contributed by atoms with E-state index in [1.165, 1.54) is 12.7 Å². The van der Waals surface area contributed by atoms with Crippen molar-refractivity contribution in [3.05, 3.63) is 30.1 Å². The molecule has 0 aliphatic rings. The molecule has 0 atom stereocenters. The highest BCUT2D eigenvalue weighted by Crippen LogP contribution is 1.99. The van der Waals surface area contributed by atoms with E-state index in [9.17, 15) is 9.59 Å². The first-order valence-electron chi connectivity index (χ1n) is 6.36. The normalized spacial score (nSPS) is 10.0. The van der Waals surface area contributed by atoms with Crippen molar-refractivity contribution in [3.63, 3.8) is 0 Å². The third-order valence-electron chi connectivity index (χ3n) is 2.69. The summed E-state index contributed by atoms with van der Waals surface area (Å²) >= 11 is 0. The molecule has 0 N–H and O–H groups in total. The highest BCUT2D eigenvalue weighted by atomic mass is 16.5. The van der Waals surface area contributed by atoms with Crippen LogP contribution < -0.4 is 4.57 Å². The lowest BCUT2D eigenvalue weighted by molar-refractivity contribution is -0.728. The fraction of sp³-hybridized carbons (Fsp3) is 0.500. The molecular weight excluding hydrogens is 246 g/mol. The van der Waals surface area contributed by atoms with Crippen LogP contribution in [0.1, 0.15) is 31.7 Å². The van der Waals surface area contributed by atoms with E-state index in [4.69, 9.17) is 4.74 Å². The zero-order chi connectivity index (χ0) is 14.1. The van der Waals surface area contributed by atoms with E-state index in [0.29, 0.717) is 6.42 Å². The van der Waals surface area contributed by atoms with Crippen LogP contribution in [0, 0.1) is 0 Å². The van der Waals surface area contributed by atoms with Gasteiger partial charge >= 0.3 is 11.9 Å². The minimum absolute atomic E-state index is 0.199. The van der Waals surface area contributed by atoms with Gasteiger partial charge in [-0.1, -0.05) is 6.92 Å². The van der Waals surface area contributed by atoms with Crippen molar-refractivity contribution in [2.24, 2.45) is 0 Å².